The van der Waals surface area contributed by atoms with Crippen LogP contribution in [0.5, 0.6) is 0 Å². The molecule has 0 aromatic rings. The van der Waals surface area contributed by atoms with Crippen molar-refractivity contribution in [3.05, 3.63) is 0 Å². The molecule has 0 radical (unpaired) electrons. The largest absolute Gasteiger partial charge is 0.480 e. The van der Waals surface area contributed by atoms with Crippen molar-refractivity contribution in [3.8, 4) is 0 Å². The van der Waals surface area contributed by atoms with Crippen LogP contribution in [0.3, 0.4) is 0 Å². The molecule has 0 fully saturated rings. The van der Waals surface area contributed by atoms with Crippen LogP contribution >= 0.6 is 0 Å². The lowest BCUT2D eigenvalue weighted by Gasteiger charge is -2.27. The van der Waals surface area contributed by atoms with Crippen LogP contribution in [0.2, 0.25) is 0 Å². The summed E-state index contributed by atoms with van der Waals surface area (Å²) >= 11 is 0. The molecule has 0 bridgehead atoms. The molecule has 176 valence electrons. The van der Waals surface area contributed by atoms with E-state index in [1.807, 2.05) is 0 Å². The van der Waals surface area contributed by atoms with Gasteiger partial charge in [-0.15, -0.1) is 0 Å². The minimum atomic E-state index is -1.10. The first kappa shape index (κ1) is 28.6. The zero-order valence-electron chi connectivity index (χ0n) is 19.5. The van der Waals surface area contributed by atoms with E-state index in [2.05, 4.69) is 13.8 Å². The van der Waals surface area contributed by atoms with E-state index in [1.165, 1.54) is 25.7 Å². The fourth-order valence-corrected chi connectivity index (χ4v) is 3.69. The number of rotatable bonds is 20. The van der Waals surface area contributed by atoms with Gasteiger partial charge < -0.3 is 10.8 Å². The molecule has 0 spiro atoms. The Bertz CT molecular complexity index is 440. The van der Waals surface area contributed by atoms with Gasteiger partial charge in [-0.2, -0.15) is 0 Å². The topological polar surface area (TPSA) is 101 Å². The molecule has 0 aromatic carbocycles. The number of carboxylic acid groups (broad SMARTS) is 1. The summed E-state index contributed by atoms with van der Waals surface area (Å²) in [6, 6.07) is -1.07. The van der Waals surface area contributed by atoms with Crippen molar-refractivity contribution >= 4 is 17.8 Å². The fourth-order valence-electron chi connectivity index (χ4n) is 3.69. The molecule has 0 aliphatic rings. The number of amides is 2. The monoisotopic (exact) mass is 426 g/mol. The molecule has 0 heterocycles. The van der Waals surface area contributed by atoms with Crippen molar-refractivity contribution in [1.82, 2.24) is 4.90 Å². The Labute approximate surface area is 184 Å². The van der Waals surface area contributed by atoms with Gasteiger partial charge in [-0.3, -0.25) is 14.5 Å². The van der Waals surface area contributed by atoms with Crippen molar-refractivity contribution in [2.75, 3.05) is 6.54 Å². The Morgan fingerprint density at radius 3 is 1.53 bits per heavy atom. The van der Waals surface area contributed by atoms with Crippen LogP contribution in [0.4, 0.5) is 0 Å². The maximum absolute atomic E-state index is 12.8. The molecule has 0 aliphatic carbocycles. The number of nitrogens with two attached hydrogens (primary N) is 1. The Balaban J connectivity index is 4.84. The fraction of sp³-hybridized carbons (Fsp3) is 0.875. The molecule has 0 aliphatic heterocycles. The summed E-state index contributed by atoms with van der Waals surface area (Å²) < 4.78 is 0. The van der Waals surface area contributed by atoms with Gasteiger partial charge in [0, 0.05) is 12.8 Å². The maximum Gasteiger partial charge on any atom is 0.326 e. The van der Waals surface area contributed by atoms with Gasteiger partial charge in [0.05, 0.1) is 0 Å². The number of imide groups is 1. The van der Waals surface area contributed by atoms with E-state index in [-0.39, 0.29) is 31.1 Å². The number of unbranched alkanes of at least 4 members (excludes halogenated alkanes) is 11. The van der Waals surface area contributed by atoms with E-state index in [1.54, 1.807) is 0 Å². The molecule has 30 heavy (non-hydrogen) atoms. The molecule has 6 nitrogen and oxygen atoms in total. The second-order valence-electron chi connectivity index (χ2n) is 8.33. The van der Waals surface area contributed by atoms with E-state index in [0.29, 0.717) is 32.2 Å². The van der Waals surface area contributed by atoms with Crippen molar-refractivity contribution in [2.24, 2.45) is 5.73 Å². The highest BCUT2D eigenvalue weighted by atomic mass is 16.4. The Hall–Kier alpha value is -1.43. The molecular weight excluding hydrogens is 380 g/mol. The van der Waals surface area contributed by atoms with E-state index >= 15 is 0 Å². The summed E-state index contributed by atoms with van der Waals surface area (Å²) in [7, 11) is 0. The average molecular weight is 427 g/mol. The summed E-state index contributed by atoms with van der Waals surface area (Å²) in [5.41, 5.74) is 5.52. The molecule has 0 saturated carbocycles. The van der Waals surface area contributed by atoms with Crippen molar-refractivity contribution in [3.63, 3.8) is 0 Å². The van der Waals surface area contributed by atoms with Gasteiger partial charge in [0.25, 0.3) is 0 Å². The Morgan fingerprint density at radius 2 is 1.13 bits per heavy atom. The van der Waals surface area contributed by atoms with Crippen LogP contribution in [0.1, 0.15) is 123 Å². The van der Waals surface area contributed by atoms with Gasteiger partial charge in [-0.1, -0.05) is 78.1 Å². The first-order chi connectivity index (χ1) is 14.5. The van der Waals surface area contributed by atoms with Crippen LogP contribution in [-0.2, 0) is 14.4 Å². The average Bonchev–Trinajstić information content (AvgIpc) is 2.72. The quantitative estimate of drug-likeness (QED) is 0.253. The maximum atomic E-state index is 12.8. The number of nitrogens with zero attached hydrogens (tertiary/aromatic N) is 1. The molecule has 0 rings (SSSR count). The third-order valence-electron chi connectivity index (χ3n) is 5.55. The predicted molar refractivity (Wildman–Crippen MR) is 122 cm³/mol. The number of hydrogen-bond donors (Lipinski definition) is 2. The summed E-state index contributed by atoms with van der Waals surface area (Å²) in [5, 5.41) is 9.70. The normalized spacial score (nSPS) is 12.0. The van der Waals surface area contributed by atoms with E-state index in [0.717, 1.165) is 43.4 Å². The number of carbonyl (C=O) groups excluding carboxylic acids is 2. The molecule has 0 aromatic heterocycles. The van der Waals surface area contributed by atoms with Crippen molar-refractivity contribution < 1.29 is 19.5 Å². The van der Waals surface area contributed by atoms with Gasteiger partial charge in [0.1, 0.15) is 6.04 Å². The van der Waals surface area contributed by atoms with Crippen LogP contribution in [0.25, 0.3) is 0 Å². The van der Waals surface area contributed by atoms with Crippen molar-refractivity contribution in [2.45, 2.75) is 129 Å². The number of carboxylic acids is 1. The van der Waals surface area contributed by atoms with Crippen molar-refractivity contribution in [1.29, 1.82) is 0 Å². The van der Waals surface area contributed by atoms with Crippen LogP contribution in [-0.4, -0.2) is 40.4 Å². The summed E-state index contributed by atoms with van der Waals surface area (Å²) in [5.74, 6) is -1.76. The molecule has 2 amide bonds. The first-order valence-electron chi connectivity index (χ1n) is 12.3. The molecular formula is C24H46N2O4. The molecule has 0 saturated heterocycles. The van der Waals surface area contributed by atoms with Gasteiger partial charge in [-0.05, 0) is 38.6 Å². The lowest BCUT2D eigenvalue weighted by Crippen LogP contribution is -2.48. The highest BCUT2D eigenvalue weighted by molar-refractivity contribution is 5.99. The number of aliphatic carboxylic acids is 1. The number of carbonyl (C=O) groups is 3. The van der Waals surface area contributed by atoms with Gasteiger partial charge >= 0.3 is 5.97 Å². The third kappa shape index (κ3) is 13.7. The minimum Gasteiger partial charge on any atom is -0.480 e. The van der Waals surface area contributed by atoms with Crippen LogP contribution < -0.4 is 5.73 Å². The number of hydrogen-bond acceptors (Lipinski definition) is 4. The molecule has 1 atom stereocenters. The third-order valence-corrected chi connectivity index (χ3v) is 5.55. The summed E-state index contributed by atoms with van der Waals surface area (Å²) in [4.78, 5) is 38.6. The zero-order chi connectivity index (χ0) is 22.6. The van der Waals surface area contributed by atoms with E-state index in [9.17, 15) is 19.5 Å². The lowest BCUT2D eigenvalue weighted by molar-refractivity contribution is -0.158. The second-order valence-corrected chi connectivity index (χ2v) is 8.33. The summed E-state index contributed by atoms with van der Waals surface area (Å²) in [6.07, 6.45) is 14.5. The molecule has 3 N–H and O–H groups in total. The minimum absolute atomic E-state index is 0.245. The lowest BCUT2D eigenvalue weighted by atomic mass is 10.0. The second kappa shape index (κ2) is 19.5. The zero-order valence-corrected chi connectivity index (χ0v) is 19.5. The predicted octanol–water partition coefficient (Wildman–Crippen LogP) is 5.43. The first-order valence-corrected chi connectivity index (χ1v) is 12.3. The van der Waals surface area contributed by atoms with Gasteiger partial charge in [-0.25, -0.2) is 4.79 Å². The van der Waals surface area contributed by atoms with E-state index < -0.39 is 12.0 Å². The Morgan fingerprint density at radius 1 is 0.700 bits per heavy atom. The van der Waals surface area contributed by atoms with Gasteiger partial charge in [0.2, 0.25) is 11.8 Å². The molecule has 1 unspecified atom stereocenters. The standard InChI is InChI=1S/C24H46N2O4/c1-3-5-7-9-11-13-18-22(27)26(21(24(29)30)17-15-16-20-25)23(28)19-14-12-10-8-6-4-2/h21H,3-20,25H2,1-2H3,(H,29,30). The highest BCUT2D eigenvalue weighted by Crippen LogP contribution is 2.17. The Kier molecular flexibility index (Phi) is 18.6. The van der Waals surface area contributed by atoms with Crippen LogP contribution in [0.15, 0.2) is 0 Å². The van der Waals surface area contributed by atoms with Crippen LogP contribution in [0, 0.1) is 0 Å². The molecule has 6 heteroatoms. The smallest absolute Gasteiger partial charge is 0.326 e. The highest BCUT2D eigenvalue weighted by Gasteiger charge is 2.33. The van der Waals surface area contributed by atoms with Gasteiger partial charge in [0.15, 0.2) is 0 Å². The summed E-state index contributed by atoms with van der Waals surface area (Å²) in [6.45, 7) is 4.80. The van der Waals surface area contributed by atoms with E-state index in [4.69, 9.17) is 5.73 Å². The SMILES string of the molecule is CCCCCCCCC(=O)N(C(=O)CCCCCCCC)C(CCCCN)C(=O)O.